The Balaban J connectivity index is 2.73. The number of benzene rings is 1. The fourth-order valence-corrected chi connectivity index (χ4v) is 1.17. The van der Waals surface area contributed by atoms with E-state index in [0.29, 0.717) is 5.56 Å². The highest BCUT2D eigenvalue weighted by Crippen LogP contribution is 2.23. The van der Waals surface area contributed by atoms with E-state index in [1.54, 1.807) is 12.1 Å². The number of methoxy groups -OCH3 is 1. The Morgan fingerprint density at radius 1 is 1.22 bits per heavy atom. The zero-order chi connectivity index (χ0) is 13.8. The topological polar surface area (TPSA) is 70.8 Å². The van der Waals surface area contributed by atoms with Crippen molar-refractivity contribution >= 4 is 5.69 Å². The van der Waals surface area contributed by atoms with Crippen molar-refractivity contribution in [2.45, 2.75) is 32.7 Å². The van der Waals surface area contributed by atoms with Gasteiger partial charge in [0.2, 0.25) is 6.29 Å². The first-order chi connectivity index (χ1) is 8.33. The van der Waals surface area contributed by atoms with Gasteiger partial charge in [-0.1, -0.05) is 0 Å². The van der Waals surface area contributed by atoms with E-state index in [1.165, 1.54) is 19.2 Å². The molecule has 100 valence electrons. The number of hydrogen-bond acceptors (Lipinski definition) is 5. The summed E-state index contributed by atoms with van der Waals surface area (Å²) in [6.07, 6.45) is -0.718. The van der Waals surface area contributed by atoms with Crippen LogP contribution in [0.2, 0.25) is 0 Å². The zero-order valence-electron chi connectivity index (χ0n) is 10.9. The van der Waals surface area contributed by atoms with Crippen molar-refractivity contribution in [1.29, 1.82) is 0 Å². The smallest absolute Gasteiger partial charge is 0.269 e. The lowest BCUT2D eigenvalue weighted by atomic mass is 10.2. The van der Waals surface area contributed by atoms with Gasteiger partial charge in [-0.2, -0.15) is 4.89 Å². The molecule has 6 nitrogen and oxygen atoms in total. The molecule has 0 saturated carbocycles. The zero-order valence-corrected chi connectivity index (χ0v) is 10.9. The van der Waals surface area contributed by atoms with Gasteiger partial charge in [0.15, 0.2) is 0 Å². The van der Waals surface area contributed by atoms with Crippen molar-refractivity contribution in [1.82, 2.24) is 0 Å². The van der Waals surface area contributed by atoms with E-state index in [2.05, 4.69) is 0 Å². The molecular formula is C12H17NO5. The third-order valence-corrected chi connectivity index (χ3v) is 1.98. The highest BCUT2D eigenvalue weighted by Gasteiger charge is 2.19. The molecule has 0 saturated heterocycles. The molecular weight excluding hydrogens is 238 g/mol. The number of ether oxygens (including phenoxy) is 1. The molecule has 0 spiro atoms. The number of nitrogens with zero attached hydrogens (tertiary/aromatic N) is 1. The van der Waals surface area contributed by atoms with E-state index in [0.717, 1.165) is 0 Å². The summed E-state index contributed by atoms with van der Waals surface area (Å²) in [5, 5.41) is 10.5. The van der Waals surface area contributed by atoms with Crippen LogP contribution in [0.1, 0.15) is 32.6 Å². The quantitative estimate of drug-likeness (QED) is 0.350. The number of rotatable bonds is 5. The second kappa shape index (κ2) is 5.90. The summed E-state index contributed by atoms with van der Waals surface area (Å²) in [4.78, 5) is 20.4. The highest BCUT2D eigenvalue weighted by atomic mass is 17.2. The van der Waals surface area contributed by atoms with Crippen LogP contribution < -0.4 is 0 Å². The standard InChI is InChI=1S/C12H17NO5/c1-12(2,3)18-17-11(16-4)9-5-7-10(8-6-9)13(14)15/h5-8,11H,1-4H3. The first kappa shape index (κ1) is 14.6. The Kier molecular flexibility index (Phi) is 4.77. The molecule has 0 aliphatic carbocycles. The van der Waals surface area contributed by atoms with Crippen LogP contribution in [0.15, 0.2) is 24.3 Å². The van der Waals surface area contributed by atoms with Crippen molar-refractivity contribution in [3.05, 3.63) is 39.9 Å². The summed E-state index contributed by atoms with van der Waals surface area (Å²) in [6, 6.07) is 5.92. The first-order valence-corrected chi connectivity index (χ1v) is 5.45. The number of hydrogen-bond donors (Lipinski definition) is 0. The summed E-state index contributed by atoms with van der Waals surface area (Å²) < 4.78 is 5.12. The van der Waals surface area contributed by atoms with Gasteiger partial charge in [0.25, 0.3) is 5.69 Å². The van der Waals surface area contributed by atoms with E-state index >= 15 is 0 Å². The summed E-state index contributed by atoms with van der Waals surface area (Å²) in [6.45, 7) is 5.53. The molecule has 18 heavy (non-hydrogen) atoms. The Hall–Kier alpha value is -1.50. The molecule has 0 aliphatic rings. The Morgan fingerprint density at radius 2 is 1.78 bits per heavy atom. The largest absolute Gasteiger partial charge is 0.349 e. The van der Waals surface area contributed by atoms with Crippen LogP contribution in [0, 0.1) is 10.1 Å². The van der Waals surface area contributed by atoms with Crippen molar-refractivity contribution < 1.29 is 19.4 Å². The van der Waals surface area contributed by atoms with E-state index in [1.807, 2.05) is 20.8 Å². The van der Waals surface area contributed by atoms with Crippen molar-refractivity contribution in [2.75, 3.05) is 7.11 Å². The van der Waals surface area contributed by atoms with Crippen molar-refractivity contribution in [2.24, 2.45) is 0 Å². The second-order valence-electron chi connectivity index (χ2n) is 4.71. The van der Waals surface area contributed by atoms with Crippen LogP contribution in [-0.4, -0.2) is 17.6 Å². The molecule has 1 rings (SSSR count). The molecule has 0 aliphatic heterocycles. The molecule has 0 radical (unpaired) electrons. The van der Waals surface area contributed by atoms with E-state index in [-0.39, 0.29) is 5.69 Å². The molecule has 0 amide bonds. The third kappa shape index (κ3) is 4.40. The number of non-ortho nitro benzene ring substituents is 1. The molecule has 1 atom stereocenters. The molecule has 6 heteroatoms. The average Bonchev–Trinajstić information content (AvgIpc) is 2.29. The maximum Gasteiger partial charge on any atom is 0.269 e. The van der Waals surface area contributed by atoms with E-state index in [9.17, 15) is 10.1 Å². The lowest BCUT2D eigenvalue weighted by Crippen LogP contribution is -2.21. The van der Waals surface area contributed by atoms with Gasteiger partial charge >= 0.3 is 0 Å². The van der Waals surface area contributed by atoms with Gasteiger partial charge in [0, 0.05) is 24.8 Å². The van der Waals surface area contributed by atoms with Gasteiger partial charge in [0.1, 0.15) is 0 Å². The van der Waals surface area contributed by atoms with Gasteiger partial charge in [0.05, 0.1) is 10.5 Å². The molecule has 1 aromatic carbocycles. The van der Waals surface area contributed by atoms with E-state index in [4.69, 9.17) is 14.5 Å². The normalized spacial score (nSPS) is 13.3. The molecule has 0 N–H and O–H groups in total. The predicted octanol–water partition coefficient (Wildman–Crippen LogP) is 2.99. The summed E-state index contributed by atoms with van der Waals surface area (Å²) in [5.74, 6) is 0. The van der Waals surface area contributed by atoms with Gasteiger partial charge < -0.3 is 4.74 Å². The van der Waals surface area contributed by atoms with Crippen LogP contribution in [0.25, 0.3) is 0 Å². The number of nitro groups is 1. The molecule has 0 fully saturated rings. The average molecular weight is 255 g/mol. The molecule has 0 bridgehead atoms. The minimum Gasteiger partial charge on any atom is -0.349 e. The van der Waals surface area contributed by atoms with Crippen LogP contribution in [0.5, 0.6) is 0 Å². The molecule has 1 aromatic rings. The SMILES string of the molecule is COC(OOC(C)(C)C)c1ccc([N+](=O)[O-])cc1. The number of nitro benzene ring substituents is 1. The second-order valence-corrected chi connectivity index (χ2v) is 4.71. The summed E-state index contributed by atoms with van der Waals surface area (Å²) in [7, 11) is 1.47. The predicted molar refractivity (Wildman–Crippen MR) is 64.8 cm³/mol. The Labute approximate surface area is 106 Å². The lowest BCUT2D eigenvalue weighted by Gasteiger charge is -2.22. The van der Waals surface area contributed by atoms with Gasteiger partial charge in [-0.05, 0) is 32.9 Å². The molecule has 1 unspecified atom stereocenters. The van der Waals surface area contributed by atoms with Crippen LogP contribution >= 0.6 is 0 Å². The van der Waals surface area contributed by atoms with Crippen LogP contribution in [-0.2, 0) is 14.5 Å². The van der Waals surface area contributed by atoms with Crippen LogP contribution in [0.3, 0.4) is 0 Å². The van der Waals surface area contributed by atoms with Gasteiger partial charge in [-0.3, -0.25) is 10.1 Å². The maximum atomic E-state index is 10.5. The van der Waals surface area contributed by atoms with E-state index < -0.39 is 16.8 Å². The monoisotopic (exact) mass is 255 g/mol. The lowest BCUT2D eigenvalue weighted by molar-refractivity contribution is -0.417. The van der Waals surface area contributed by atoms with Crippen LogP contribution in [0.4, 0.5) is 5.69 Å². The van der Waals surface area contributed by atoms with Crippen molar-refractivity contribution in [3.8, 4) is 0 Å². The fourth-order valence-electron chi connectivity index (χ4n) is 1.17. The fraction of sp³-hybridized carbons (Fsp3) is 0.500. The van der Waals surface area contributed by atoms with Gasteiger partial charge in [-0.25, -0.2) is 4.89 Å². The molecule has 0 aromatic heterocycles. The van der Waals surface area contributed by atoms with Gasteiger partial charge in [-0.15, -0.1) is 0 Å². The molecule has 0 heterocycles. The Morgan fingerprint density at radius 3 is 2.17 bits per heavy atom. The summed E-state index contributed by atoms with van der Waals surface area (Å²) in [5.41, 5.74) is 0.204. The van der Waals surface area contributed by atoms with Crippen molar-refractivity contribution in [3.63, 3.8) is 0 Å². The highest BCUT2D eigenvalue weighted by molar-refractivity contribution is 5.33. The minimum absolute atomic E-state index is 0.0188. The summed E-state index contributed by atoms with van der Waals surface area (Å²) >= 11 is 0. The third-order valence-electron chi connectivity index (χ3n) is 1.98. The minimum atomic E-state index is -0.718. The maximum absolute atomic E-state index is 10.5. The first-order valence-electron chi connectivity index (χ1n) is 5.45. The Bertz CT molecular complexity index is 396.